The van der Waals surface area contributed by atoms with Crippen molar-refractivity contribution >= 4 is 5.91 Å². The van der Waals surface area contributed by atoms with E-state index in [0.29, 0.717) is 25.4 Å². The molecule has 1 rings (SSSR count). The summed E-state index contributed by atoms with van der Waals surface area (Å²) in [7, 11) is 0. The van der Waals surface area contributed by atoms with E-state index in [9.17, 15) is 4.79 Å². The van der Waals surface area contributed by atoms with Gasteiger partial charge in [-0.05, 0) is 23.5 Å². The molecule has 0 unspecified atom stereocenters. The third-order valence-corrected chi connectivity index (χ3v) is 3.25. The Morgan fingerprint density at radius 2 is 1.89 bits per heavy atom. The Balaban J connectivity index is 2.63. The SMILES string of the molecule is CCC(=O)NC[C@@H](CN)c1ccc(CC(C)C)cc1. The summed E-state index contributed by atoms with van der Waals surface area (Å²) in [5.41, 5.74) is 8.35. The van der Waals surface area contributed by atoms with Crippen LogP contribution in [0.15, 0.2) is 24.3 Å². The van der Waals surface area contributed by atoms with Crippen molar-refractivity contribution in [1.82, 2.24) is 5.32 Å². The van der Waals surface area contributed by atoms with Crippen molar-refractivity contribution in [2.75, 3.05) is 13.1 Å². The highest BCUT2D eigenvalue weighted by molar-refractivity contribution is 5.75. The number of carbonyl (C=O) groups excluding carboxylic acids is 1. The number of hydrogen-bond donors (Lipinski definition) is 2. The highest BCUT2D eigenvalue weighted by atomic mass is 16.1. The van der Waals surface area contributed by atoms with Crippen LogP contribution in [0.1, 0.15) is 44.2 Å². The van der Waals surface area contributed by atoms with Crippen molar-refractivity contribution in [2.45, 2.75) is 39.5 Å². The first-order valence-electron chi connectivity index (χ1n) is 7.12. The van der Waals surface area contributed by atoms with Crippen LogP contribution < -0.4 is 11.1 Å². The largest absolute Gasteiger partial charge is 0.355 e. The maximum Gasteiger partial charge on any atom is 0.219 e. The maximum absolute atomic E-state index is 11.3. The van der Waals surface area contributed by atoms with Gasteiger partial charge in [0.15, 0.2) is 0 Å². The van der Waals surface area contributed by atoms with E-state index in [2.05, 4.69) is 43.4 Å². The summed E-state index contributed by atoms with van der Waals surface area (Å²) in [6.45, 7) is 7.46. The molecule has 0 spiro atoms. The number of nitrogens with two attached hydrogens (primary N) is 1. The van der Waals surface area contributed by atoms with Gasteiger partial charge >= 0.3 is 0 Å². The molecule has 3 nitrogen and oxygen atoms in total. The van der Waals surface area contributed by atoms with Crippen LogP contribution in [0.5, 0.6) is 0 Å². The smallest absolute Gasteiger partial charge is 0.219 e. The molecule has 1 atom stereocenters. The fourth-order valence-corrected chi connectivity index (χ4v) is 2.10. The average Bonchev–Trinajstić information content (AvgIpc) is 2.40. The number of hydrogen-bond acceptors (Lipinski definition) is 2. The van der Waals surface area contributed by atoms with Gasteiger partial charge in [-0.25, -0.2) is 0 Å². The first-order chi connectivity index (χ1) is 9.06. The van der Waals surface area contributed by atoms with Gasteiger partial charge in [0.05, 0.1) is 0 Å². The molecular formula is C16H26N2O. The lowest BCUT2D eigenvalue weighted by atomic mass is 9.95. The van der Waals surface area contributed by atoms with Crippen molar-refractivity contribution in [1.29, 1.82) is 0 Å². The van der Waals surface area contributed by atoms with Crippen LogP contribution in [0.2, 0.25) is 0 Å². The molecule has 0 aromatic heterocycles. The fourth-order valence-electron chi connectivity index (χ4n) is 2.10. The Bertz CT molecular complexity index is 384. The van der Waals surface area contributed by atoms with E-state index in [0.717, 1.165) is 6.42 Å². The Kier molecular flexibility index (Phi) is 6.57. The zero-order valence-electron chi connectivity index (χ0n) is 12.3. The first-order valence-corrected chi connectivity index (χ1v) is 7.12. The van der Waals surface area contributed by atoms with Gasteiger partial charge in [0.25, 0.3) is 0 Å². The highest BCUT2D eigenvalue weighted by Crippen LogP contribution is 2.16. The van der Waals surface area contributed by atoms with Crippen molar-refractivity contribution < 1.29 is 4.79 Å². The Morgan fingerprint density at radius 3 is 2.37 bits per heavy atom. The van der Waals surface area contributed by atoms with Crippen LogP contribution in [0.3, 0.4) is 0 Å². The Labute approximate surface area is 116 Å². The summed E-state index contributed by atoms with van der Waals surface area (Å²) >= 11 is 0. The van der Waals surface area contributed by atoms with Gasteiger partial charge in [-0.15, -0.1) is 0 Å². The molecule has 0 aliphatic carbocycles. The lowest BCUT2D eigenvalue weighted by Gasteiger charge is -2.16. The highest BCUT2D eigenvalue weighted by Gasteiger charge is 2.11. The van der Waals surface area contributed by atoms with Crippen molar-refractivity contribution in [2.24, 2.45) is 11.7 Å². The van der Waals surface area contributed by atoms with Crippen LogP contribution in [0.25, 0.3) is 0 Å². The summed E-state index contributed by atoms with van der Waals surface area (Å²) in [5, 5.41) is 2.91. The minimum absolute atomic E-state index is 0.0786. The molecule has 0 heterocycles. The van der Waals surface area contributed by atoms with E-state index in [1.165, 1.54) is 11.1 Å². The molecule has 0 aliphatic heterocycles. The van der Waals surface area contributed by atoms with Crippen LogP contribution in [0.4, 0.5) is 0 Å². The third kappa shape index (κ3) is 5.43. The molecule has 0 fully saturated rings. The van der Waals surface area contributed by atoms with Gasteiger partial charge in [0, 0.05) is 25.4 Å². The second-order valence-electron chi connectivity index (χ2n) is 5.43. The third-order valence-electron chi connectivity index (χ3n) is 3.25. The number of amides is 1. The molecule has 19 heavy (non-hydrogen) atoms. The van der Waals surface area contributed by atoms with Crippen LogP contribution >= 0.6 is 0 Å². The van der Waals surface area contributed by atoms with Crippen LogP contribution in [-0.4, -0.2) is 19.0 Å². The molecule has 0 bridgehead atoms. The van der Waals surface area contributed by atoms with Crippen LogP contribution in [-0.2, 0) is 11.2 Å². The van der Waals surface area contributed by atoms with E-state index in [1.807, 2.05) is 6.92 Å². The molecule has 0 radical (unpaired) electrons. The van der Waals surface area contributed by atoms with E-state index in [4.69, 9.17) is 5.73 Å². The van der Waals surface area contributed by atoms with E-state index < -0.39 is 0 Å². The number of carbonyl (C=O) groups is 1. The topological polar surface area (TPSA) is 55.1 Å². The molecule has 106 valence electrons. The van der Waals surface area contributed by atoms with Gasteiger partial charge in [-0.1, -0.05) is 45.0 Å². The van der Waals surface area contributed by atoms with E-state index in [-0.39, 0.29) is 11.8 Å². The molecule has 0 saturated heterocycles. The Hall–Kier alpha value is -1.35. The maximum atomic E-state index is 11.3. The fraction of sp³-hybridized carbons (Fsp3) is 0.562. The monoisotopic (exact) mass is 262 g/mol. The van der Waals surface area contributed by atoms with Gasteiger partial charge in [0.1, 0.15) is 0 Å². The minimum atomic E-state index is 0.0786. The molecule has 1 aromatic rings. The summed E-state index contributed by atoms with van der Waals surface area (Å²) in [4.78, 5) is 11.3. The predicted octanol–water partition coefficient (Wildman–Crippen LogP) is 2.45. The lowest BCUT2D eigenvalue weighted by Crippen LogP contribution is -2.30. The second-order valence-corrected chi connectivity index (χ2v) is 5.43. The zero-order chi connectivity index (χ0) is 14.3. The second kappa shape index (κ2) is 7.95. The first kappa shape index (κ1) is 15.7. The van der Waals surface area contributed by atoms with Crippen molar-refractivity contribution in [3.8, 4) is 0 Å². The molecular weight excluding hydrogens is 236 g/mol. The van der Waals surface area contributed by atoms with Gasteiger partial charge in [-0.2, -0.15) is 0 Å². The molecule has 3 N–H and O–H groups in total. The molecule has 1 aromatic carbocycles. The van der Waals surface area contributed by atoms with Gasteiger partial charge in [-0.3, -0.25) is 4.79 Å². The zero-order valence-corrected chi connectivity index (χ0v) is 12.3. The summed E-state index contributed by atoms with van der Waals surface area (Å²) in [6, 6.07) is 8.60. The summed E-state index contributed by atoms with van der Waals surface area (Å²) in [6.07, 6.45) is 1.62. The van der Waals surface area contributed by atoms with Gasteiger partial charge in [0.2, 0.25) is 5.91 Å². The Morgan fingerprint density at radius 1 is 1.26 bits per heavy atom. The molecule has 0 aliphatic rings. The quantitative estimate of drug-likeness (QED) is 0.793. The van der Waals surface area contributed by atoms with E-state index in [1.54, 1.807) is 0 Å². The van der Waals surface area contributed by atoms with Gasteiger partial charge < -0.3 is 11.1 Å². The standard InChI is InChI=1S/C16H26N2O/c1-4-16(19)18-11-15(10-17)14-7-5-13(6-8-14)9-12(2)3/h5-8,12,15H,4,9-11,17H2,1-3H3,(H,18,19)/t15-/m1/s1. The molecule has 3 heteroatoms. The normalized spacial score (nSPS) is 12.5. The van der Waals surface area contributed by atoms with E-state index >= 15 is 0 Å². The summed E-state index contributed by atoms with van der Waals surface area (Å²) < 4.78 is 0. The lowest BCUT2D eigenvalue weighted by molar-refractivity contribution is -0.120. The number of nitrogens with one attached hydrogen (secondary N) is 1. The van der Waals surface area contributed by atoms with Crippen molar-refractivity contribution in [3.05, 3.63) is 35.4 Å². The number of benzene rings is 1. The predicted molar refractivity (Wildman–Crippen MR) is 80.1 cm³/mol. The van der Waals surface area contributed by atoms with Crippen LogP contribution in [0, 0.1) is 5.92 Å². The minimum Gasteiger partial charge on any atom is -0.355 e. The molecule has 0 saturated carbocycles. The molecule has 1 amide bonds. The van der Waals surface area contributed by atoms with Crippen molar-refractivity contribution in [3.63, 3.8) is 0 Å². The number of rotatable bonds is 7. The average molecular weight is 262 g/mol. The summed E-state index contributed by atoms with van der Waals surface area (Å²) in [5.74, 6) is 0.943.